The maximum Gasteiger partial charge on any atom is 0.238 e. The number of hydrogen-bond donors (Lipinski definition) is 1. The molecule has 1 aromatic carbocycles. The monoisotopic (exact) mass is 410 g/mol. The first kappa shape index (κ1) is 19.4. The largest absolute Gasteiger partial charge is 0.324 e. The minimum atomic E-state index is 0.0795. The Bertz CT molecular complexity index is 923. The van der Waals surface area contributed by atoms with Crippen LogP contribution in [0.25, 0.3) is 0 Å². The van der Waals surface area contributed by atoms with E-state index in [-0.39, 0.29) is 11.9 Å². The van der Waals surface area contributed by atoms with Gasteiger partial charge in [0.2, 0.25) is 5.91 Å². The Balaban J connectivity index is 1.56. The van der Waals surface area contributed by atoms with Gasteiger partial charge in [-0.1, -0.05) is 38.1 Å². The molecule has 1 amide bonds. The molecule has 0 aliphatic carbocycles. The molecule has 1 N–H and O–H groups in total. The number of rotatable bonds is 6. The molecular weight excluding hydrogens is 384 g/mol. The average molecular weight is 411 g/mol. The van der Waals surface area contributed by atoms with Crippen LogP contribution in [0.2, 0.25) is 0 Å². The molecule has 3 nitrogen and oxygen atoms in total. The Morgan fingerprint density at radius 1 is 1.07 bits per heavy atom. The van der Waals surface area contributed by atoms with Crippen molar-refractivity contribution in [2.24, 2.45) is 0 Å². The molecule has 0 unspecified atom stereocenters. The SMILES string of the molecule is CCc1cccc(CC)c1NC(=O)CN1CCc2sccc2[C@@H]1c1cccs1. The highest BCUT2D eigenvalue weighted by molar-refractivity contribution is 7.10. The van der Waals surface area contributed by atoms with Crippen LogP contribution in [0.15, 0.2) is 47.2 Å². The van der Waals surface area contributed by atoms with Gasteiger partial charge in [0.25, 0.3) is 0 Å². The quantitative estimate of drug-likeness (QED) is 0.580. The van der Waals surface area contributed by atoms with E-state index in [1.807, 2.05) is 11.3 Å². The zero-order chi connectivity index (χ0) is 19.5. The number of hydrogen-bond acceptors (Lipinski definition) is 4. The second-order valence-electron chi connectivity index (χ2n) is 7.14. The lowest BCUT2D eigenvalue weighted by Gasteiger charge is -2.35. The maximum absolute atomic E-state index is 13.0. The summed E-state index contributed by atoms with van der Waals surface area (Å²) in [6, 6.07) is 13.0. The Labute approximate surface area is 175 Å². The van der Waals surface area contributed by atoms with Crippen LogP contribution in [0.4, 0.5) is 5.69 Å². The van der Waals surface area contributed by atoms with Crippen LogP contribution >= 0.6 is 22.7 Å². The molecule has 3 heterocycles. The van der Waals surface area contributed by atoms with Gasteiger partial charge in [0.15, 0.2) is 0 Å². The van der Waals surface area contributed by atoms with Crippen molar-refractivity contribution in [3.63, 3.8) is 0 Å². The third-order valence-corrected chi connectivity index (χ3v) is 7.41. The Morgan fingerprint density at radius 2 is 1.86 bits per heavy atom. The summed E-state index contributed by atoms with van der Waals surface area (Å²) in [5.74, 6) is 0.0795. The van der Waals surface area contributed by atoms with E-state index in [0.29, 0.717) is 6.54 Å². The summed E-state index contributed by atoms with van der Waals surface area (Å²) >= 11 is 3.61. The molecule has 0 saturated heterocycles. The molecule has 2 aromatic heterocycles. The summed E-state index contributed by atoms with van der Waals surface area (Å²) in [5.41, 5.74) is 4.80. The van der Waals surface area contributed by atoms with Crippen molar-refractivity contribution >= 4 is 34.3 Å². The molecule has 5 heteroatoms. The molecule has 0 fully saturated rings. The van der Waals surface area contributed by atoms with Gasteiger partial charge in [-0.3, -0.25) is 9.69 Å². The van der Waals surface area contributed by atoms with Crippen LogP contribution in [-0.4, -0.2) is 23.9 Å². The molecule has 4 rings (SSSR count). The number of amides is 1. The van der Waals surface area contributed by atoms with Crippen LogP contribution in [0.1, 0.15) is 46.3 Å². The number of carbonyl (C=O) groups excluding carboxylic acids is 1. The molecule has 0 radical (unpaired) electrons. The normalized spacial score (nSPS) is 16.7. The third kappa shape index (κ3) is 3.79. The van der Waals surface area contributed by atoms with Gasteiger partial charge in [-0.2, -0.15) is 0 Å². The van der Waals surface area contributed by atoms with E-state index in [9.17, 15) is 4.79 Å². The lowest BCUT2D eigenvalue weighted by molar-refractivity contribution is -0.117. The molecular formula is C23H26N2OS2. The molecule has 0 spiro atoms. The fourth-order valence-corrected chi connectivity index (χ4v) is 5.87. The number of nitrogens with one attached hydrogen (secondary N) is 1. The zero-order valence-electron chi connectivity index (χ0n) is 16.4. The van der Waals surface area contributed by atoms with Gasteiger partial charge in [-0.15, -0.1) is 22.7 Å². The van der Waals surface area contributed by atoms with Crippen LogP contribution in [-0.2, 0) is 24.1 Å². The van der Waals surface area contributed by atoms with Gasteiger partial charge in [-0.25, -0.2) is 0 Å². The fraction of sp³-hybridized carbons (Fsp3) is 0.348. The lowest BCUT2D eigenvalue weighted by atomic mass is 9.98. The summed E-state index contributed by atoms with van der Waals surface area (Å²) in [4.78, 5) is 18.1. The van der Waals surface area contributed by atoms with Crippen molar-refractivity contribution in [3.8, 4) is 0 Å². The van der Waals surface area contributed by atoms with E-state index in [1.165, 1.54) is 26.4 Å². The maximum atomic E-state index is 13.0. The molecule has 28 heavy (non-hydrogen) atoms. The molecule has 0 saturated carbocycles. The smallest absolute Gasteiger partial charge is 0.238 e. The highest BCUT2D eigenvalue weighted by Gasteiger charge is 2.31. The number of nitrogens with zero attached hydrogens (tertiary/aromatic N) is 1. The second-order valence-corrected chi connectivity index (χ2v) is 9.12. The van der Waals surface area contributed by atoms with Gasteiger partial charge >= 0.3 is 0 Å². The number of carbonyl (C=O) groups is 1. The Kier molecular flexibility index (Phi) is 5.95. The molecule has 1 atom stereocenters. The van der Waals surface area contributed by atoms with E-state index in [2.05, 4.69) is 71.2 Å². The van der Waals surface area contributed by atoms with Crippen LogP contribution < -0.4 is 5.32 Å². The van der Waals surface area contributed by atoms with Crippen molar-refractivity contribution < 1.29 is 4.79 Å². The summed E-state index contributed by atoms with van der Waals surface area (Å²) in [6.45, 7) is 5.61. The minimum absolute atomic E-state index is 0.0795. The minimum Gasteiger partial charge on any atom is -0.324 e. The summed E-state index contributed by atoms with van der Waals surface area (Å²) < 4.78 is 0. The molecule has 0 bridgehead atoms. The first-order chi connectivity index (χ1) is 13.7. The van der Waals surface area contributed by atoms with E-state index in [1.54, 1.807) is 11.3 Å². The number of para-hydroxylation sites is 1. The molecule has 3 aromatic rings. The van der Waals surface area contributed by atoms with Crippen LogP contribution in [0.5, 0.6) is 0 Å². The van der Waals surface area contributed by atoms with Crippen LogP contribution in [0, 0.1) is 0 Å². The number of fused-ring (bicyclic) bond motifs is 1. The van der Waals surface area contributed by atoms with Crippen molar-refractivity contribution in [1.82, 2.24) is 4.90 Å². The predicted molar refractivity (Wildman–Crippen MR) is 120 cm³/mol. The van der Waals surface area contributed by atoms with Crippen molar-refractivity contribution in [1.29, 1.82) is 0 Å². The molecule has 1 aliphatic rings. The average Bonchev–Trinajstić information content (AvgIpc) is 3.39. The number of aryl methyl sites for hydroxylation is 2. The first-order valence-corrected chi connectivity index (χ1v) is 11.7. The molecule has 1 aliphatic heterocycles. The first-order valence-electron chi connectivity index (χ1n) is 9.95. The number of benzene rings is 1. The third-order valence-electron chi connectivity index (χ3n) is 5.49. The lowest BCUT2D eigenvalue weighted by Crippen LogP contribution is -2.40. The van der Waals surface area contributed by atoms with Gasteiger partial charge in [0.05, 0.1) is 12.6 Å². The summed E-state index contributed by atoms with van der Waals surface area (Å²) in [5, 5.41) is 7.54. The number of thiophene rings is 2. The summed E-state index contributed by atoms with van der Waals surface area (Å²) in [7, 11) is 0. The van der Waals surface area contributed by atoms with Gasteiger partial charge in [-0.05, 0) is 58.8 Å². The van der Waals surface area contributed by atoms with E-state index in [4.69, 9.17) is 0 Å². The van der Waals surface area contributed by atoms with Gasteiger partial charge in [0, 0.05) is 22.0 Å². The highest BCUT2D eigenvalue weighted by atomic mass is 32.1. The summed E-state index contributed by atoms with van der Waals surface area (Å²) in [6.07, 6.45) is 2.86. The van der Waals surface area contributed by atoms with Crippen molar-refractivity contribution in [2.75, 3.05) is 18.4 Å². The zero-order valence-corrected chi connectivity index (χ0v) is 18.0. The predicted octanol–water partition coefficient (Wildman–Crippen LogP) is 5.52. The van der Waals surface area contributed by atoms with Crippen molar-refractivity contribution in [2.45, 2.75) is 39.2 Å². The van der Waals surface area contributed by atoms with Gasteiger partial charge in [0.1, 0.15) is 0 Å². The Morgan fingerprint density at radius 3 is 2.54 bits per heavy atom. The van der Waals surface area contributed by atoms with Crippen LogP contribution in [0.3, 0.4) is 0 Å². The molecule has 146 valence electrons. The van der Waals surface area contributed by atoms with E-state index < -0.39 is 0 Å². The van der Waals surface area contributed by atoms with E-state index in [0.717, 1.165) is 31.5 Å². The highest BCUT2D eigenvalue weighted by Crippen LogP contribution is 2.39. The Hall–Kier alpha value is -1.95. The second kappa shape index (κ2) is 8.60. The fourth-order valence-electron chi connectivity index (χ4n) is 4.09. The topological polar surface area (TPSA) is 32.3 Å². The van der Waals surface area contributed by atoms with E-state index >= 15 is 0 Å². The standard InChI is InChI=1S/C23H26N2OS2/c1-3-16-7-5-8-17(4-2)22(16)24-21(26)15-25-12-10-19-18(11-14-28-19)23(25)20-9-6-13-27-20/h5-9,11,13-14,23H,3-4,10,12,15H2,1-2H3,(H,24,26)/t23-/m1/s1. The number of anilines is 1. The van der Waals surface area contributed by atoms with Crippen molar-refractivity contribution in [3.05, 3.63) is 73.6 Å². The van der Waals surface area contributed by atoms with Gasteiger partial charge < -0.3 is 5.32 Å².